The second-order valence-corrected chi connectivity index (χ2v) is 4.42. The fourth-order valence-electron chi connectivity index (χ4n) is 1.41. The molecule has 4 heteroatoms. The van der Waals surface area contributed by atoms with Crippen LogP contribution in [0.1, 0.15) is 25.4 Å². The van der Waals surface area contributed by atoms with Crippen LogP contribution in [0.25, 0.3) is 0 Å². The first-order valence-corrected chi connectivity index (χ1v) is 5.23. The minimum Gasteiger partial charge on any atom is -0.468 e. The quantitative estimate of drug-likeness (QED) is 0.735. The second kappa shape index (κ2) is 4.70. The summed E-state index contributed by atoms with van der Waals surface area (Å²) in [5.74, 6) is 1.47. The molecule has 4 nitrogen and oxygen atoms in total. The molecule has 0 N–H and O–H groups in total. The number of carbonyl (C=O) groups is 1. The molecule has 0 bridgehead atoms. The van der Waals surface area contributed by atoms with Crippen LogP contribution in [-0.4, -0.2) is 30.6 Å². The van der Waals surface area contributed by atoms with E-state index in [1.807, 2.05) is 44.9 Å². The minimum atomic E-state index is -0.657. The molecule has 0 amide bonds. The predicted molar refractivity (Wildman–Crippen MR) is 61.0 cm³/mol. The molecule has 0 spiro atoms. The van der Waals surface area contributed by atoms with E-state index in [0.29, 0.717) is 6.54 Å². The van der Waals surface area contributed by atoms with E-state index in [9.17, 15) is 4.79 Å². The van der Waals surface area contributed by atoms with Gasteiger partial charge in [0.15, 0.2) is 0 Å². The van der Waals surface area contributed by atoms with E-state index in [1.54, 1.807) is 0 Å². The number of carbonyl (C=O) groups excluding carboxylic acids is 1. The average Bonchev–Trinajstić information content (AvgIpc) is 2.62. The number of ether oxygens (including phenoxy) is 1. The Labute approximate surface area is 96.2 Å². The van der Waals surface area contributed by atoms with Gasteiger partial charge in [0.2, 0.25) is 0 Å². The summed E-state index contributed by atoms with van der Waals surface area (Å²) >= 11 is 0. The van der Waals surface area contributed by atoms with Crippen molar-refractivity contribution >= 4 is 5.97 Å². The fraction of sp³-hybridized carbons (Fsp3) is 0.583. The highest BCUT2D eigenvalue weighted by Gasteiger charge is 2.33. The summed E-state index contributed by atoms with van der Waals surface area (Å²) in [4.78, 5) is 13.5. The molecular weight excluding hydrogens is 206 g/mol. The van der Waals surface area contributed by atoms with E-state index in [-0.39, 0.29) is 5.97 Å². The highest BCUT2D eigenvalue weighted by atomic mass is 16.5. The van der Waals surface area contributed by atoms with Crippen molar-refractivity contribution in [2.24, 2.45) is 0 Å². The summed E-state index contributed by atoms with van der Waals surface area (Å²) in [5, 5.41) is 0. The Kier molecular flexibility index (Phi) is 3.75. The maximum absolute atomic E-state index is 11.6. The zero-order valence-electron chi connectivity index (χ0n) is 10.5. The standard InChI is InChI=1S/C12H19NO3/c1-9-6-7-10(16-9)8-13(4)12(2,3)11(14)15-5/h6-7H,8H2,1-5H3. The smallest absolute Gasteiger partial charge is 0.325 e. The Bertz CT molecular complexity index is 368. The van der Waals surface area contributed by atoms with Crippen molar-refractivity contribution in [2.75, 3.05) is 14.2 Å². The van der Waals surface area contributed by atoms with Crippen LogP contribution in [0.15, 0.2) is 16.5 Å². The van der Waals surface area contributed by atoms with Crippen molar-refractivity contribution in [3.8, 4) is 0 Å². The lowest BCUT2D eigenvalue weighted by atomic mass is 10.0. The number of furan rings is 1. The van der Waals surface area contributed by atoms with E-state index in [1.165, 1.54) is 7.11 Å². The molecule has 0 radical (unpaired) electrons. The summed E-state index contributed by atoms with van der Waals surface area (Å²) in [6.45, 7) is 6.13. The van der Waals surface area contributed by atoms with Gasteiger partial charge in [0.1, 0.15) is 17.1 Å². The number of nitrogens with zero attached hydrogens (tertiary/aromatic N) is 1. The molecule has 0 atom stereocenters. The number of aryl methyl sites for hydroxylation is 1. The number of rotatable bonds is 4. The Hall–Kier alpha value is -1.29. The van der Waals surface area contributed by atoms with E-state index in [2.05, 4.69) is 0 Å². The molecule has 0 fully saturated rings. The highest BCUT2D eigenvalue weighted by molar-refractivity contribution is 5.79. The van der Waals surface area contributed by atoms with Crippen molar-refractivity contribution in [3.05, 3.63) is 23.7 Å². The highest BCUT2D eigenvalue weighted by Crippen LogP contribution is 2.18. The number of hydrogen-bond acceptors (Lipinski definition) is 4. The van der Waals surface area contributed by atoms with Crippen LogP contribution in [0, 0.1) is 6.92 Å². The normalized spacial score (nSPS) is 11.9. The Morgan fingerprint density at radius 2 is 2.12 bits per heavy atom. The largest absolute Gasteiger partial charge is 0.468 e. The number of esters is 1. The van der Waals surface area contributed by atoms with E-state index >= 15 is 0 Å². The Morgan fingerprint density at radius 1 is 1.50 bits per heavy atom. The van der Waals surface area contributed by atoms with E-state index < -0.39 is 5.54 Å². The van der Waals surface area contributed by atoms with Crippen molar-refractivity contribution in [1.82, 2.24) is 4.90 Å². The maximum atomic E-state index is 11.6. The average molecular weight is 225 g/mol. The fourth-order valence-corrected chi connectivity index (χ4v) is 1.41. The molecule has 1 aromatic heterocycles. The topological polar surface area (TPSA) is 42.7 Å². The number of likely N-dealkylation sites (N-methyl/N-ethyl adjacent to an activating group) is 1. The van der Waals surface area contributed by atoms with Gasteiger partial charge in [-0.3, -0.25) is 9.69 Å². The molecule has 1 rings (SSSR count). The molecule has 1 aromatic rings. The van der Waals surface area contributed by atoms with Gasteiger partial charge in [-0.15, -0.1) is 0 Å². The molecule has 90 valence electrons. The lowest BCUT2D eigenvalue weighted by Crippen LogP contribution is -2.48. The van der Waals surface area contributed by atoms with Crippen molar-refractivity contribution in [2.45, 2.75) is 32.9 Å². The van der Waals surface area contributed by atoms with Crippen molar-refractivity contribution in [3.63, 3.8) is 0 Å². The lowest BCUT2D eigenvalue weighted by Gasteiger charge is -2.31. The van der Waals surface area contributed by atoms with Gasteiger partial charge in [0, 0.05) is 0 Å². The van der Waals surface area contributed by atoms with Crippen LogP contribution >= 0.6 is 0 Å². The van der Waals surface area contributed by atoms with Crippen LogP contribution in [0.5, 0.6) is 0 Å². The van der Waals surface area contributed by atoms with Crippen LogP contribution in [0.3, 0.4) is 0 Å². The predicted octanol–water partition coefficient (Wildman–Crippen LogP) is 1.97. The van der Waals surface area contributed by atoms with Gasteiger partial charge in [0.25, 0.3) is 0 Å². The van der Waals surface area contributed by atoms with Crippen LogP contribution in [-0.2, 0) is 16.1 Å². The first-order valence-electron chi connectivity index (χ1n) is 5.23. The van der Waals surface area contributed by atoms with Gasteiger partial charge in [0.05, 0.1) is 13.7 Å². The van der Waals surface area contributed by atoms with Crippen LogP contribution in [0.2, 0.25) is 0 Å². The van der Waals surface area contributed by atoms with E-state index in [4.69, 9.17) is 9.15 Å². The third-order valence-electron chi connectivity index (χ3n) is 2.83. The van der Waals surface area contributed by atoms with Gasteiger partial charge in [-0.1, -0.05) is 0 Å². The first kappa shape index (κ1) is 12.8. The van der Waals surface area contributed by atoms with Crippen LogP contribution < -0.4 is 0 Å². The first-order chi connectivity index (χ1) is 7.37. The molecular formula is C12H19NO3. The van der Waals surface area contributed by atoms with Crippen molar-refractivity contribution in [1.29, 1.82) is 0 Å². The van der Waals surface area contributed by atoms with Gasteiger partial charge >= 0.3 is 5.97 Å². The summed E-state index contributed by atoms with van der Waals surface area (Å²) in [5.41, 5.74) is -0.657. The monoisotopic (exact) mass is 225 g/mol. The zero-order chi connectivity index (χ0) is 12.3. The SMILES string of the molecule is COC(=O)C(C)(C)N(C)Cc1ccc(C)o1. The van der Waals surface area contributed by atoms with Crippen molar-refractivity contribution < 1.29 is 13.9 Å². The molecule has 1 heterocycles. The zero-order valence-corrected chi connectivity index (χ0v) is 10.5. The minimum absolute atomic E-state index is 0.252. The molecule has 0 unspecified atom stereocenters. The second-order valence-electron chi connectivity index (χ2n) is 4.42. The third-order valence-corrected chi connectivity index (χ3v) is 2.83. The summed E-state index contributed by atoms with van der Waals surface area (Å²) in [6, 6.07) is 3.83. The number of methoxy groups -OCH3 is 1. The molecule has 0 aliphatic rings. The van der Waals surface area contributed by atoms with Gasteiger partial charge in [-0.25, -0.2) is 0 Å². The lowest BCUT2D eigenvalue weighted by molar-refractivity contribution is -0.152. The third kappa shape index (κ3) is 2.64. The molecule has 0 aliphatic heterocycles. The molecule has 0 aromatic carbocycles. The molecule has 0 saturated heterocycles. The summed E-state index contributed by atoms with van der Waals surface area (Å²) in [6.07, 6.45) is 0. The van der Waals surface area contributed by atoms with E-state index in [0.717, 1.165) is 11.5 Å². The Morgan fingerprint density at radius 3 is 2.56 bits per heavy atom. The van der Waals surface area contributed by atoms with Crippen LogP contribution in [0.4, 0.5) is 0 Å². The van der Waals surface area contributed by atoms with Gasteiger partial charge in [-0.05, 0) is 40.0 Å². The summed E-state index contributed by atoms with van der Waals surface area (Å²) < 4.78 is 10.2. The number of hydrogen-bond donors (Lipinski definition) is 0. The Balaban J connectivity index is 2.71. The molecule has 16 heavy (non-hydrogen) atoms. The summed E-state index contributed by atoms with van der Waals surface area (Å²) in [7, 11) is 3.27. The van der Waals surface area contributed by atoms with Gasteiger partial charge < -0.3 is 9.15 Å². The van der Waals surface area contributed by atoms with Gasteiger partial charge in [-0.2, -0.15) is 0 Å². The molecule has 0 saturated carbocycles. The molecule has 0 aliphatic carbocycles. The maximum Gasteiger partial charge on any atom is 0.325 e.